The summed E-state index contributed by atoms with van der Waals surface area (Å²) >= 11 is 0. The van der Waals surface area contributed by atoms with Gasteiger partial charge in [-0.05, 0) is 43.0 Å². The van der Waals surface area contributed by atoms with Crippen molar-refractivity contribution in [3.63, 3.8) is 0 Å². The van der Waals surface area contributed by atoms with Gasteiger partial charge in [0.2, 0.25) is 0 Å². The second-order valence-electron chi connectivity index (χ2n) is 5.78. The van der Waals surface area contributed by atoms with Crippen LogP contribution in [0.1, 0.15) is 30.6 Å². The minimum atomic E-state index is -0.443. The molecule has 2 N–H and O–H groups in total. The van der Waals surface area contributed by atoms with Gasteiger partial charge in [0.05, 0.1) is 6.61 Å². The van der Waals surface area contributed by atoms with E-state index in [1.165, 1.54) is 5.56 Å². The Morgan fingerprint density at radius 3 is 3.10 bits per heavy atom. The number of carbonyl (C=O) groups excluding carboxylic acids is 1. The number of nitrogens with one attached hydrogen (secondary N) is 2. The number of carbonyl (C=O) groups is 1. The van der Waals surface area contributed by atoms with E-state index < -0.39 is 6.10 Å². The molecule has 0 bridgehead atoms. The number of fused-ring (bicyclic) bond motifs is 1. The number of amides is 1. The Balaban J connectivity index is 1.72. The molecule has 1 fully saturated rings. The van der Waals surface area contributed by atoms with Gasteiger partial charge in [-0.3, -0.25) is 4.79 Å². The van der Waals surface area contributed by atoms with Crippen molar-refractivity contribution in [3.05, 3.63) is 35.4 Å². The van der Waals surface area contributed by atoms with Crippen LogP contribution in [0.25, 0.3) is 0 Å². The molecule has 4 nitrogen and oxygen atoms in total. The Hall–Kier alpha value is -1.39. The standard InChI is InChI=1S/C16H22N2O2/c1-11-10-17-8-6-14(11)18-16(19)15-13-5-3-2-4-12(13)7-9-20-15/h2-5,11,14-15,17H,6-10H2,1H3,(H,18,19). The molecule has 1 saturated heterocycles. The van der Waals surface area contributed by atoms with Gasteiger partial charge < -0.3 is 15.4 Å². The van der Waals surface area contributed by atoms with Gasteiger partial charge in [-0.15, -0.1) is 0 Å². The van der Waals surface area contributed by atoms with Crippen molar-refractivity contribution >= 4 is 5.91 Å². The normalized spacial score (nSPS) is 29.6. The molecule has 1 amide bonds. The fourth-order valence-electron chi connectivity index (χ4n) is 3.10. The summed E-state index contributed by atoms with van der Waals surface area (Å²) in [6.45, 7) is 4.73. The van der Waals surface area contributed by atoms with Gasteiger partial charge in [0.1, 0.15) is 0 Å². The van der Waals surface area contributed by atoms with Crippen molar-refractivity contribution in [1.82, 2.24) is 10.6 Å². The fraction of sp³-hybridized carbons (Fsp3) is 0.562. The van der Waals surface area contributed by atoms with Crippen LogP contribution >= 0.6 is 0 Å². The van der Waals surface area contributed by atoms with E-state index in [2.05, 4.69) is 23.6 Å². The molecule has 3 rings (SSSR count). The molecule has 4 heteroatoms. The van der Waals surface area contributed by atoms with Crippen molar-refractivity contribution < 1.29 is 9.53 Å². The summed E-state index contributed by atoms with van der Waals surface area (Å²) in [6, 6.07) is 8.34. The van der Waals surface area contributed by atoms with E-state index in [0.717, 1.165) is 31.5 Å². The molecule has 3 atom stereocenters. The molecule has 0 radical (unpaired) electrons. The molecule has 2 heterocycles. The average molecular weight is 274 g/mol. The summed E-state index contributed by atoms with van der Waals surface area (Å²) in [6.07, 6.45) is 1.44. The number of rotatable bonds is 2. The highest BCUT2D eigenvalue weighted by Crippen LogP contribution is 2.27. The summed E-state index contributed by atoms with van der Waals surface area (Å²) in [4.78, 5) is 12.5. The van der Waals surface area contributed by atoms with Crippen molar-refractivity contribution in [2.75, 3.05) is 19.7 Å². The van der Waals surface area contributed by atoms with E-state index in [0.29, 0.717) is 12.5 Å². The predicted molar refractivity (Wildman–Crippen MR) is 77.4 cm³/mol. The second kappa shape index (κ2) is 5.94. The molecule has 108 valence electrons. The maximum atomic E-state index is 12.5. The van der Waals surface area contributed by atoms with Gasteiger partial charge in [0.25, 0.3) is 5.91 Å². The molecule has 0 aromatic heterocycles. The van der Waals surface area contributed by atoms with Gasteiger partial charge in [-0.25, -0.2) is 0 Å². The maximum Gasteiger partial charge on any atom is 0.254 e. The van der Waals surface area contributed by atoms with Crippen molar-refractivity contribution in [2.45, 2.75) is 31.9 Å². The zero-order chi connectivity index (χ0) is 13.9. The highest BCUT2D eigenvalue weighted by Gasteiger charge is 2.30. The van der Waals surface area contributed by atoms with E-state index in [9.17, 15) is 4.79 Å². The predicted octanol–water partition coefficient (Wildman–Crippen LogP) is 1.41. The third kappa shape index (κ3) is 2.72. The molecule has 0 saturated carbocycles. The first-order valence-corrected chi connectivity index (χ1v) is 7.46. The number of hydrogen-bond acceptors (Lipinski definition) is 3. The Morgan fingerprint density at radius 1 is 1.40 bits per heavy atom. The summed E-state index contributed by atoms with van der Waals surface area (Å²) in [5.74, 6) is 0.474. The molecular weight excluding hydrogens is 252 g/mol. The zero-order valence-electron chi connectivity index (χ0n) is 11.9. The van der Waals surface area contributed by atoms with Crippen LogP contribution in [0.15, 0.2) is 24.3 Å². The van der Waals surface area contributed by atoms with Crippen LogP contribution in [0.4, 0.5) is 0 Å². The van der Waals surface area contributed by atoms with E-state index in [-0.39, 0.29) is 11.9 Å². The highest BCUT2D eigenvalue weighted by molar-refractivity contribution is 5.83. The topological polar surface area (TPSA) is 50.4 Å². The molecule has 3 unspecified atom stereocenters. The van der Waals surface area contributed by atoms with E-state index in [1.54, 1.807) is 0 Å². The van der Waals surface area contributed by atoms with Crippen molar-refractivity contribution in [2.24, 2.45) is 5.92 Å². The van der Waals surface area contributed by atoms with Crippen LogP contribution in [0, 0.1) is 5.92 Å². The first-order chi connectivity index (χ1) is 9.75. The first kappa shape index (κ1) is 13.6. The minimum absolute atomic E-state index is 0.0101. The second-order valence-corrected chi connectivity index (χ2v) is 5.78. The fourth-order valence-corrected chi connectivity index (χ4v) is 3.10. The Kier molecular flexibility index (Phi) is 4.03. The maximum absolute atomic E-state index is 12.5. The lowest BCUT2D eigenvalue weighted by atomic mass is 9.93. The molecular formula is C16H22N2O2. The highest BCUT2D eigenvalue weighted by atomic mass is 16.5. The third-order valence-corrected chi connectivity index (χ3v) is 4.34. The van der Waals surface area contributed by atoms with E-state index >= 15 is 0 Å². The Bertz CT molecular complexity index is 489. The molecule has 2 aliphatic rings. The summed E-state index contributed by atoms with van der Waals surface area (Å²) in [5.41, 5.74) is 2.26. The molecule has 1 aromatic carbocycles. The molecule has 0 aliphatic carbocycles. The Labute approximate surface area is 119 Å². The van der Waals surface area contributed by atoms with Crippen molar-refractivity contribution in [3.8, 4) is 0 Å². The van der Waals surface area contributed by atoms with Crippen LogP contribution < -0.4 is 10.6 Å². The van der Waals surface area contributed by atoms with Gasteiger partial charge in [-0.1, -0.05) is 31.2 Å². The molecule has 20 heavy (non-hydrogen) atoms. The van der Waals surface area contributed by atoms with E-state index in [1.807, 2.05) is 18.2 Å². The minimum Gasteiger partial charge on any atom is -0.363 e. The molecule has 2 aliphatic heterocycles. The largest absolute Gasteiger partial charge is 0.363 e. The first-order valence-electron chi connectivity index (χ1n) is 7.46. The number of benzene rings is 1. The van der Waals surface area contributed by atoms with Gasteiger partial charge in [0, 0.05) is 6.04 Å². The van der Waals surface area contributed by atoms with Gasteiger partial charge in [0.15, 0.2) is 6.10 Å². The Morgan fingerprint density at radius 2 is 2.25 bits per heavy atom. The lowest BCUT2D eigenvalue weighted by Crippen LogP contribution is -2.50. The number of ether oxygens (including phenoxy) is 1. The van der Waals surface area contributed by atoms with Gasteiger partial charge in [-0.2, -0.15) is 0 Å². The molecule has 1 aromatic rings. The smallest absolute Gasteiger partial charge is 0.254 e. The number of piperidine rings is 1. The quantitative estimate of drug-likeness (QED) is 0.857. The van der Waals surface area contributed by atoms with Crippen LogP contribution in [0.3, 0.4) is 0 Å². The monoisotopic (exact) mass is 274 g/mol. The van der Waals surface area contributed by atoms with Gasteiger partial charge >= 0.3 is 0 Å². The lowest BCUT2D eigenvalue weighted by Gasteiger charge is -2.32. The SMILES string of the molecule is CC1CNCCC1NC(=O)C1OCCc2ccccc21. The lowest BCUT2D eigenvalue weighted by molar-refractivity contribution is -0.135. The average Bonchev–Trinajstić information content (AvgIpc) is 2.49. The summed E-state index contributed by atoms with van der Waals surface area (Å²) < 4.78 is 5.72. The summed E-state index contributed by atoms with van der Waals surface area (Å²) in [7, 11) is 0. The third-order valence-electron chi connectivity index (χ3n) is 4.34. The van der Waals surface area contributed by atoms with Crippen LogP contribution in [-0.2, 0) is 16.0 Å². The number of hydrogen-bond donors (Lipinski definition) is 2. The van der Waals surface area contributed by atoms with Crippen LogP contribution in [0.5, 0.6) is 0 Å². The molecule has 0 spiro atoms. The van der Waals surface area contributed by atoms with E-state index in [4.69, 9.17) is 4.74 Å². The zero-order valence-corrected chi connectivity index (χ0v) is 11.9. The van der Waals surface area contributed by atoms with Crippen LogP contribution in [-0.4, -0.2) is 31.6 Å². The van der Waals surface area contributed by atoms with Crippen molar-refractivity contribution in [1.29, 1.82) is 0 Å². The summed E-state index contributed by atoms with van der Waals surface area (Å²) in [5, 5.41) is 6.53. The van der Waals surface area contributed by atoms with Crippen LogP contribution in [0.2, 0.25) is 0 Å².